The van der Waals surface area contributed by atoms with E-state index in [1.807, 2.05) is 0 Å². The molecule has 0 bridgehead atoms. The highest BCUT2D eigenvalue weighted by Gasteiger charge is 2.34. The molecule has 1 aliphatic carbocycles. The van der Waals surface area contributed by atoms with Gasteiger partial charge < -0.3 is 5.11 Å². The lowest BCUT2D eigenvalue weighted by Crippen LogP contribution is -2.38. The van der Waals surface area contributed by atoms with Gasteiger partial charge in [0.1, 0.15) is 0 Å². The molecule has 1 aliphatic rings. The first-order chi connectivity index (χ1) is 8.08. The third-order valence-corrected chi connectivity index (χ3v) is 4.73. The van der Waals surface area contributed by atoms with Gasteiger partial charge in [0, 0.05) is 18.6 Å². The molecule has 17 heavy (non-hydrogen) atoms. The maximum atomic E-state index is 11.8. The summed E-state index contributed by atoms with van der Waals surface area (Å²) < 4.78 is 26.2. The largest absolute Gasteiger partial charge is 0.396 e. The van der Waals surface area contributed by atoms with Crippen LogP contribution in [-0.4, -0.2) is 36.9 Å². The molecule has 96 valence electrons. The Morgan fingerprint density at radius 3 is 2.71 bits per heavy atom. The van der Waals surface area contributed by atoms with E-state index in [1.165, 1.54) is 12.3 Å². The fourth-order valence-electron chi connectivity index (χ4n) is 2.23. The molecule has 1 aromatic heterocycles. The minimum Gasteiger partial charge on any atom is -0.396 e. The van der Waals surface area contributed by atoms with Gasteiger partial charge in [0.05, 0.1) is 6.20 Å². The summed E-state index contributed by atoms with van der Waals surface area (Å²) in [5.41, 5.74) is -0.285. The number of sulfonamides is 1. The predicted molar refractivity (Wildman–Crippen MR) is 61.8 cm³/mol. The number of aromatic nitrogens is 2. The van der Waals surface area contributed by atoms with Crippen LogP contribution in [0.5, 0.6) is 0 Å². The smallest absolute Gasteiger partial charge is 0.257 e. The molecule has 1 aromatic rings. The molecule has 0 radical (unpaired) electrons. The van der Waals surface area contributed by atoms with Crippen LogP contribution >= 0.6 is 0 Å². The zero-order valence-electron chi connectivity index (χ0n) is 9.52. The molecule has 0 unspecified atom stereocenters. The maximum Gasteiger partial charge on any atom is 0.257 e. The minimum atomic E-state index is -3.53. The molecular weight excluding hydrogens is 242 g/mol. The van der Waals surface area contributed by atoms with Crippen LogP contribution in [0.25, 0.3) is 0 Å². The minimum absolute atomic E-state index is 0.0263. The Morgan fingerprint density at radius 1 is 1.47 bits per heavy atom. The first-order valence-electron chi connectivity index (χ1n) is 5.68. The Balaban J connectivity index is 2.02. The summed E-state index contributed by atoms with van der Waals surface area (Å²) in [5.74, 6) is 0. The summed E-state index contributed by atoms with van der Waals surface area (Å²) in [6.45, 7) is 0.309. The average Bonchev–Trinajstić information content (AvgIpc) is 2.99. The first-order valence-corrected chi connectivity index (χ1v) is 7.16. The van der Waals surface area contributed by atoms with E-state index < -0.39 is 10.0 Å². The van der Waals surface area contributed by atoms with Gasteiger partial charge in [0.15, 0.2) is 5.03 Å². The van der Waals surface area contributed by atoms with Crippen molar-refractivity contribution < 1.29 is 13.5 Å². The fraction of sp³-hybridized carbons (Fsp3) is 0.700. The number of hydrogen-bond donors (Lipinski definition) is 3. The second kappa shape index (κ2) is 4.75. The third kappa shape index (κ3) is 2.67. The van der Waals surface area contributed by atoms with Crippen LogP contribution in [0, 0.1) is 5.41 Å². The maximum absolute atomic E-state index is 11.8. The number of nitrogens with zero attached hydrogens (tertiary/aromatic N) is 1. The lowest BCUT2D eigenvalue weighted by atomic mass is 9.88. The molecule has 3 N–H and O–H groups in total. The van der Waals surface area contributed by atoms with Crippen LogP contribution in [0.15, 0.2) is 17.3 Å². The predicted octanol–water partition coefficient (Wildman–Crippen LogP) is 0.241. The number of hydrogen-bond acceptors (Lipinski definition) is 4. The lowest BCUT2D eigenvalue weighted by Gasteiger charge is -2.26. The molecule has 1 saturated carbocycles. The zero-order valence-corrected chi connectivity index (χ0v) is 10.3. The third-order valence-electron chi connectivity index (χ3n) is 3.40. The van der Waals surface area contributed by atoms with E-state index in [1.54, 1.807) is 0 Å². The Morgan fingerprint density at radius 2 is 2.18 bits per heavy atom. The van der Waals surface area contributed by atoms with E-state index in [-0.39, 0.29) is 23.6 Å². The molecule has 2 rings (SSSR count). The molecule has 6 nitrogen and oxygen atoms in total. The number of nitrogens with one attached hydrogen (secondary N) is 2. The van der Waals surface area contributed by atoms with Gasteiger partial charge in [-0.3, -0.25) is 5.10 Å². The highest BCUT2D eigenvalue weighted by molar-refractivity contribution is 7.89. The molecule has 0 spiro atoms. The number of aliphatic hydroxyl groups excluding tert-OH is 1. The Hall–Kier alpha value is -0.920. The van der Waals surface area contributed by atoms with Crippen molar-refractivity contribution in [2.24, 2.45) is 5.41 Å². The fourth-order valence-corrected chi connectivity index (χ4v) is 3.30. The molecule has 7 heteroatoms. The molecule has 0 amide bonds. The van der Waals surface area contributed by atoms with E-state index in [4.69, 9.17) is 0 Å². The van der Waals surface area contributed by atoms with Crippen molar-refractivity contribution >= 4 is 10.0 Å². The van der Waals surface area contributed by atoms with E-state index in [2.05, 4.69) is 14.9 Å². The normalized spacial score (nSPS) is 19.6. The highest BCUT2D eigenvalue weighted by atomic mass is 32.2. The zero-order chi connectivity index (χ0) is 12.4. The Bertz CT molecular complexity index is 449. The second-order valence-electron chi connectivity index (χ2n) is 4.61. The van der Waals surface area contributed by atoms with Crippen molar-refractivity contribution in [2.75, 3.05) is 13.2 Å². The van der Waals surface area contributed by atoms with Gasteiger partial charge >= 0.3 is 0 Å². The molecule has 0 aliphatic heterocycles. The van der Waals surface area contributed by atoms with Crippen molar-refractivity contribution in [2.45, 2.75) is 30.7 Å². The highest BCUT2D eigenvalue weighted by Crippen LogP contribution is 2.37. The summed E-state index contributed by atoms with van der Waals surface area (Å²) in [4.78, 5) is 0. The monoisotopic (exact) mass is 259 g/mol. The van der Waals surface area contributed by atoms with Crippen molar-refractivity contribution in [3.8, 4) is 0 Å². The Kier molecular flexibility index (Phi) is 3.50. The van der Waals surface area contributed by atoms with E-state index in [9.17, 15) is 13.5 Å². The SMILES string of the molecule is O=S(=O)(NCC1(CO)CCCC1)c1ccn[nH]1. The molecule has 0 atom stereocenters. The van der Waals surface area contributed by atoms with Crippen LogP contribution < -0.4 is 4.72 Å². The molecule has 1 heterocycles. The van der Waals surface area contributed by atoms with E-state index >= 15 is 0 Å². The number of H-pyrrole nitrogens is 1. The van der Waals surface area contributed by atoms with Gasteiger partial charge in [0.25, 0.3) is 10.0 Å². The van der Waals surface area contributed by atoms with Crippen LogP contribution in [0.4, 0.5) is 0 Å². The topological polar surface area (TPSA) is 95.1 Å². The van der Waals surface area contributed by atoms with E-state index in [0.29, 0.717) is 0 Å². The summed E-state index contributed by atoms with van der Waals surface area (Å²) in [7, 11) is -3.53. The van der Waals surface area contributed by atoms with Crippen molar-refractivity contribution in [3.63, 3.8) is 0 Å². The van der Waals surface area contributed by atoms with Gasteiger partial charge in [-0.25, -0.2) is 13.1 Å². The van der Waals surface area contributed by atoms with Gasteiger partial charge in [-0.1, -0.05) is 12.8 Å². The first kappa shape index (κ1) is 12.5. The Labute approximate surface area is 100 Å². The van der Waals surface area contributed by atoms with Crippen molar-refractivity contribution in [1.82, 2.24) is 14.9 Å². The van der Waals surface area contributed by atoms with Crippen LogP contribution in [0.3, 0.4) is 0 Å². The second-order valence-corrected chi connectivity index (χ2v) is 6.35. The number of rotatable bonds is 5. The number of aliphatic hydroxyl groups is 1. The van der Waals surface area contributed by atoms with Crippen LogP contribution in [-0.2, 0) is 10.0 Å². The van der Waals surface area contributed by atoms with Gasteiger partial charge in [-0.2, -0.15) is 5.10 Å². The van der Waals surface area contributed by atoms with Gasteiger partial charge in [-0.15, -0.1) is 0 Å². The summed E-state index contributed by atoms with van der Waals surface area (Å²) in [6, 6.07) is 1.41. The molecular formula is C10H17N3O3S. The molecule has 1 fully saturated rings. The summed E-state index contributed by atoms with van der Waals surface area (Å²) >= 11 is 0. The quantitative estimate of drug-likeness (QED) is 0.706. The van der Waals surface area contributed by atoms with Gasteiger partial charge in [0.2, 0.25) is 0 Å². The standard InChI is InChI=1S/C10H17N3O3S/c14-8-10(4-1-2-5-10)7-12-17(15,16)9-3-6-11-13-9/h3,6,12,14H,1-2,4-5,7-8H2,(H,11,13). The van der Waals surface area contributed by atoms with Crippen molar-refractivity contribution in [3.05, 3.63) is 12.3 Å². The van der Waals surface area contributed by atoms with Crippen molar-refractivity contribution in [1.29, 1.82) is 0 Å². The average molecular weight is 259 g/mol. The lowest BCUT2D eigenvalue weighted by molar-refractivity contribution is 0.134. The summed E-state index contributed by atoms with van der Waals surface area (Å²) in [5, 5.41) is 15.5. The summed E-state index contributed by atoms with van der Waals surface area (Å²) in [6.07, 6.45) is 5.23. The van der Waals surface area contributed by atoms with E-state index in [0.717, 1.165) is 25.7 Å². The number of aromatic amines is 1. The molecule has 0 aromatic carbocycles. The van der Waals surface area contributed by atoms with Crippen LogP contribution in [0.1, 0.15) is 25.7 Å². The van der Waals surface area contributed by atoms with Gasteiger partial charge in [-0.05, 0) is 18.9 Å². The van der Waals surface area contributed by atoms with Crippen LogP contribution in [0.2, 0.25) is 0 Å². The molecule has 0 saturated heterocycles.